The molecule has 3 rings (SSSR count). The number of anilines is 1. The predicted octanol–water partition coefficient (Wildman–Crippen LogP) is 2.28. The number of hydrogen-bond donors (Lipinski definition) is 2. The van der Waals surface area contributed by atoms with Crippen LogP contribution in [0.2, 0.25) is 0 Å². The van der Waals surface area contributed by atoms with Crippen LogP contribution in [0.3, 0.4) is 0 Å². The van der Waals surface area contributed by atoms with E-state index < -0.39 is 17.5 Å². The Kier molecular flexibility index (Phi) is 6.67. The molecule has 2 aromatic carbocycles. The quantitative estimate of drug-likeness (QED) is 0.795. The average Bonchev–Trinajstić information content (AvgIpc) is 2.71. The van der Waals surface area contributed by atoms with Gasteiger partial charge in [0.1, 0.15) is 11.6 Å². The number of benzene rings is 2. The lowest BCUT2D eigenvalue weighted by Crippen LogP contribution is -2.41. The molecular weight excluding hydrogens is 368 g/mol. The lowest BCUT2D eigenvalue weighted by Gasteiger charge is -2.26. The van der Waals surface area contributed by atoms with Gasteiger partial charge in [0.15, 0.2) is 0 Å². The van der Waals surface area contributed by atoms with Crippen molar-refractivity contribution in [3.05, 3.63) is 65.2 Å². The highest BCUT2D eigenvalue weighted by Crippen LogP contribution is 2.16. The standard InChI is InChI=1S/C20H21F2N3O3/c21-16-4-5-18(17(22)13-16)24-20(27)15-3-1-2-14(12-15)19(26)23-6-7-25-8-10-28-11-9-25/h1-5,12-13H,6-11H2,(H,23,26)(H,24,27). The van der Waals surface area contributed by atoms with Crippen LogP contribution in [0.5, 0.6) is 0 Å². The third kappa shape index (κ3) is 5.34. The average molecular weight is 389 g/mol. The van der Waals surface area contributed by atoms with Crippen LogP contribution in [0.25, 0.3) is 0 Å². The number of rotatable bonds is 6. The van der Waals surface area contributed by atoms with Gasteiger partial charge in [-0.3, -0.25) is 14.5 Å². The lowest BCUT2D eigenvalue weighted by molar-refractivity contribution is 0.0383. The fourth-order valence-corrected chi connectivity index (χ4v) is 2.84. The molecule has 0 aliphatic carbocycles. The number of hydrogen-bond acceptors (Lipinski definition) is 4. The van der Waals surface area contributed by atoms with Crippen LogP contribution < -0.4 is 10.6 Å². The highest BCUT2D eigenvalue weighted by molar-refractivity contribution is 6.06. The van der Waals surface area contributed by atoms with Gasteiger partial charge in [-0.25, -0.2) is 8.78 Å². The molecule has 0 saturated carbocycles. The summed E-state index contributed by atoms with van der Waals surface area (Å²) < 4.78 is 31.9. The van der Waals surface area contributed by atoms with E-state index in [1.165, 1.54) is 12.1 Å². The minimum absolute atomic E-state index is 0.133. The van der Waals surface area contributed by atoms with Crippen LogP contribution in [0.4, 0.5) is 14.5 Å². The summed E-state index contributed by atoms with van der Waals surface area (Å²) in [6.45, 7) is 4.27. The van der Waals surface area contributed by atoms with E-state index in [1.807, 2.05) is 0 Å². The van der Waals surface area contributed by atoms with Crippen molar-refractivity contribution >= 4 is 17.5 Å². The van der Waals surface area contributed by atoms with Gasteiger partial charge in [0.25, 0.3) is 11.8 Å². The zero-order chi connectivity index (χ0) is 19.9. The maximum absolute atomic E-state index is 13.7. The molecule has 1 saturated heterocycles. The minimum atomic E-state index is -0.870. The summed E-state index contributed by atoms with van der Waals surface area (Å²) in [7, 11) is 0. The fraction of sp³-hybridized carbons (Fsp3) is 0.300. The molecular formula is C20H21F2N3O3. The van der Waals surface area contributed by atoms with Gasteiger partial charge in [0, 0.05) is 43.4 Å². The van der Waals surface area contributed by atoms with Gasteiger partial charge in [-0.05, 0) is 30.3 Å². The molecule has 1 aliphatic heterocycles. The van der Waals surface area contributed by atoms with Crippen molar-refractivity contribution in [1.29, 1.82) is 0 Å². The first-order valence-corrected chi connectivity index (χ1v) is 8.98. The van der Waals surface area contributed by atoms with Crippen molar-refractivity contribution in [2.24, 2.45) is 0 Å². The van der Waals surface area contributed by atoms with E-state index in [-0.39, 0.29) is 17.2 Å². The molecule has 1 fully saturated rings. The highest BCUT2D eigenvalue weighted by atomic mass is 19.1. The van der Waals surface area contributed by atoms with Gasteiger partial charge in [-0.1, -0.05) is 6.07 Å². The molecule has 0 bridgehead atoms. The number of amides is 2. The van der Waals surface area contributed by atoms with Crippen LogP contribution >= 0.6 is 0 Å². The number of halogens is 2. The fourth-order valence-electron chi connectivity index (χ4n) is 2.84. The number of carbonyl (C=O) groups excluding carboxylic acids is 2. The maximum Gasteiger partial charge on any atom is 0.255 e. The Morgan fingerprint density at radius 2 is 1.71 bits per heavy atom. The number of carbonyl (C=O) groups is 2. The molecule has 2 N–H and O–H groups in total. The Bertz CT molecular complexity index is 854. The summed E-state index contributed by atoms with van der Waals surface area (Å²) in [6.07, 6.45) is 0. The second-order valence-electron chi connectivity index (χ2n) is 6.37. The monoisotopic (exact) mass is 389 g/mol. The SMILES string of the molecule is O=C(NCCN1CCOCC1)c1cccc(C(=O)Nc2ccc(F)cc2F)c1. The van der Waals surface area contributed by atoms with E-state index in [0.29, 0.717) is 31.4 Å². The number of morpholine rings is 1. The molecule has 8 heteroatoms. The molecule has 148 valence electrons. The van der Waals surface area contributed by atoms with E-state index >= 15 is 0 Å². The Morgan fingerprint density at radius 3 is 2.43 bits per heavy atom. The van der Waals surface area contributed by atoms with Crippen LogP contribution in [0.1, 0.15) is 20.7 Å². The molecule has 0 aromatic heterocycles. The number of nitrogens with one attached hydrogen (secondary N) is 2. The van der Waals surface area contributed by atoms with Gasteiger partial charge in [0.2, 0.25) is 0 Å². The molecule has 0 unspecified atom stereocenters. The van der Waals surface area contributed by atoms with E-state index in [0.717, 1.165) is 31.8 Å². The Balaban J connectivity index is 1.57. The van der Waals surface area contributed by atoms with Crippen molar-refractivity contribution in [1.82, 2.24) is 10.2 Å². The molecule has 0 spiro atoms. The second-order valence-corrected chi connectivity index (χ2v) is 6.37. The first-order chi connectivity index (χ1) is 13.5. The first-order valence-electron chi connectivity index (χ1n) is 8.98. The molecule has 0 radical (unpaired) electrons. The van der Waals surface area contributed by atoms with E-state index in [4.69, 9.17) is 4.74 Å². The van der Waals surface area contributed by atoms with Crippen molar-refractivity contribution in [2.75, 3.05) is 44.7 Å². The summed E-state index contributed by atoms with van der Waals surface area (Å²) in [5.41, 5.74) is 0.394. The number of ether oxygens (including phenoxy) is 1. The topological polar surface area (TPSA) is 70.7 Å². The molecule has 28 heavy (non-hydrogen) atoms. The molecule has 1 aliphatic rings. The smallest absolute Gasteiger partial charge is 0.255 e. The molecule has 0 atom stereocenters. The van der Waals surface area contributed by atoms with Gasteiger partial charge in [-0.15, -0.1) is 0 Å². The van der Waals surface area contributed by atoms with Crippen LogP contribution in [0, 0.1) is 11.6 Å². The van der Waals surface area contributed by atoms with Crippen LogP contribution in [-0.4, -0.2) is 56.1 Å². The third-order valence-corrected chi connectivity index (χ3v) is 4.38. The predicted molar refractivity (Wildman–Crippen MR) is 100 cm³/mol. The van der Waals surface area contributed by atoms with Crippen LogP contribution in [-0.2, 0) is 4.74 Å². The minimum Gasteiger partial charge on any atom is -0.379 e. The van der Waals surface area contributed by atoms with Crippen molar-refractivity contribution in [2.45, 2.75) is 0 Å². The number of nitrogens with zero attached hydrogens (tertiary/aromatic N) is 1. The van der Waals surface area contributed by atoms with E-state index in [2.05, 4.69) is 15.5 Å². The van der Waals surface area contributed by atoms with Gasteiger partial charge < -0.3 is 15.4 Å². The maximum atomic E-state index is 13.7. The van der Waals surface area contributed by atoms with Crippen LogP contribution in [0.15, 0.2) is 42.5 Å². The summed E-state index contributed by atoms with van der Waals surface area (Å²) >= 11 is 0. The lowest BCUT2D eigenvalue weighted by atomic mass is 10.1. The Morgan fingerprint density at radius 1 is 1.00 bits per heavy atom. The molecule has 2 aromatic rings. The van der Waals surface area contributed by atoms with Crippen molar-refractivity contribution < 1.29 is 23.1 Å². The Hall–Kier alpha value is -2.84. The largest absolute Gasteiger partial charge is 0.379 e. The molecule has 6 nitrogen and oxygen atoms in total. The van der Waals surface area contributed by atoms with Crippen molar-refractivity contribution in [3.8, 4) is 0 Å². The summed E-state index contributed by atoms with van der Waals surface area (Å²) in [5.74, 6) is -2.49. The molecule has 2 amide bonds. The van der Waals surface area contributed by atoms with Gasteiger partial charge in [0.05, 0.1) is 18.9 Å². The Labute approximate surface area is 161 Å². The molecule has 1 heterocycles. The van der Waals surface area contributed by atoms with Crippen molar-refractivity contribution in [3.63, 3.8) is 0 Å². The second kappa shape index (κ2) is 9.38. The third-order valence-electron chi connectivity index (χ3n) is 4.38. The van der Waals surface area contributed by atoms with Gasteiger partial charge in [-0.2, -0.15) is 0 Å². The zero-order valence-electron chi connectivity index (χ0n) is 15.2. The highest BCUT2D eigenvalue weighted by Gasteiger charge is 2.14. The van der Waals surface area contributed by atoms with E-state index in [9.17, 15) is 18.4 Å². The summed E-state index contributed by atoms with van der Waals surface area (Å²) in [5, 5.41) is 5.20. The summed E-state index contributed by atoms with van der Waals surface area (Å²) in [4.78, 5) is 26.8. The summed E-state index contributed by atoms with van der Waals surface area (Å²) in [6, 6.07) is 9.00. The zero-order valence-corrected chi connectivity index (χ0v) is 15.2. The normalized spacial score (nSPS) is 14.5. The van der Waals surface area contributed by atoms with E-state index in [1.54, 1.807) is 12.1 Å². The van der Waals surface area contributed by atoms with Gasteiger partial charge >= 0.3 is 0 Å². The first kappa shape index (κ1) is 19.9.